The van der Waals surface area contributed by atoms with E-state index in [-0.39, 0.29) is 34.9 Å². The number of nitrogens with two attached hydrogens (primary N) is 1. The zero-order chi connectivity index (χ0) is 22.8. The summed E-state index contributed by atoms with van der Waals surface area (Å²) in [6.07, 6.45) is 3.74. The average molecular weight is 451 g/mol. The van der Waals surface area contributed by atoms with Gasteiger partial charge in [0.2, 0.25) is 5.89 Å². The molecule has 2 fully saturated rings. The van der Waals surface area contributed by atoms with Gasteiger partial charge in [-0.05, 0) is 56.7 Å². The summed E-state index contributed by atoms with van der Waals surface area (Å²) in [4.78, 5) is 33.6. The zero-order valence-electron chi connectivity index (χ0n) is 17.3. The molecule has 0 radical (unpaired) electrons. The summed E-state index contributed by atoms with van der Waals surface area (Å²) in [5.41, 5.74) is 8.45. The summed E-state index contributed by atoms with van der Waals surface area (Å²) in [6.45, 7) is -1.09. The van der Waals surface area contributed by atoms with Gasteiger partial charge in [0.15, 0.2) is 23.0 Å². The molecule has 0 spiro atoms. The first-order valence-electron chi connectivity index (χ1n) is 10.3. The summed E-state index contributed by atoms with van der Waals surface area (Å²) in [5.74, 6) is -1.82. The molecule has 172 valence electrons. The molecular formula is C21H23F2N3O6. The highest BCUT2D eigenvalue weighted by atomic mass is 19.3. The Morgan fingerprint density at radius 1 is 1.25 bits per heavy atom. The molecule has 0 saturated heterocycles. The van der Waals surface area contributed by atoms with Crippen molar-refractivity contribution in [1.29, 1.82) is 0 Å². The minimum atomic E-state index is -3.02. The van der Waals surface area contributed by atoms with E-state index in [9.17, 15) is 18.4 Å². The second-order valence-electron chi connectivity index (χ2n) is 7.93. The van der Waals surface area contributed by atoms with Gasteiger partial charge in [0.05, 0.1) is 12.6 Å². The summed E-state index contributed by atoms with van der Waals surface area (Å²) in [5, 5.41) is 0. The molecular weight excluding hydrogens is 428 g/mol. The Hall–Kier alpha value is -3.05. The van der Waals surface area contributed by atoms with Gasteiger partial charge in [-0.2, -0.15) is 8.78 Å². The molecule has 4 rings (SSSR count). The average Bonchev–Trinajstić information content (AvgIpc) is 3.68. The molecule has 1 aromatic carbocycles. The van der Waals surface area contributed by atoms with Gasteiger partial charge in [-0.15, -0.1) is 5.48 Å². The maximum absolute atomic E-state index is 12.8. The van der Waals surface area contributed by atoms with Gasteiger partial charge in [-0.1, -0.05) is 0 Å². The normalized spacial score (nSPS) is 16.7. The zero-order valence-corrected chi connectivity index (χ0v) is 17.3. The highest BCUT2D eigenvalue weighted by molar-refractivity contribution is 6.40. The number of Topliss-reactive ketones (excluding diaryl/α,β-unsaturated/α-hetero) is 1. The predicted octanol–water partition coefficient (Wildman–Crippen LogP) is 3.14. The van der Waals surface area contributed by atoms with Crippen molar-refractivity contribution in [3.05, 3.63) is 29.7 Å². The van der Waals surface area contributed by atoms with Crippen molar-refractivity contribution in [3.8, 4) is 23.0 Å². The number of alkyl halides is 2. The van der Waals surface area contributed by atoms with Crippen molar-refractivity contribution >= 4 is 11.8 Å². The fourth-order valence-electron chi connectivity index (χ4n) is 2.85. The molecule has 0 amide bonds. The molecule has 1 atom stereocenters. The summed E-state index contributed by atoms with van der Waals surface area (Å²) in [6, 6.07) is 3.47. The molecule has 2 aromatic rings. The Balaban J connectivity index is 1.60. The fraction of sp³-hybridized carbons (Fsp3) is 0.476. The Morgan fingerprint density at radius 2 is 2.00 bits per heavy atom. The molecule has 32 heavy (non-hydrogen) atoms. The van der Waals surface area contributed by atoms with Gasteiger partial charge in [-0.25, -0.2) is 9.78 Å². The Bertz CT molecular complexity index is 1000. The van der Waals surface area contributed by atoms with Crippen molar-refractivity contribution in [2.45, 2.75) is 51.3 Å². The number of aromatic nitrogens is 1. The number of benzene rings is 1. The number of oxazole rings is 1. The third-order valence-electron chi connectivity index (χ3n) is 4.94. The largest absolute Gasteiger partial charge is 0.489 e. The van der Waals surface area contributed by atoms with Crippen LogP contribution in [-0.4, -0.2) is 36.0 Å². The summed E-state index contributed by atoms with van der Waals surface area (Å²) >= 11 is 0. The number of hydrogen-bond acceptors (Lipinski definition) is 9. The Labute approximate surface area is 182 Å². The first-order chi connectivity index (χ1) is 15.3. The second kappa shape index (κ2) is 9.21. The van der Waals surface area contributed by atoms with E-state index in [0.29, 0.717) is 18.1 Å². The van der Waals surface area contributed by atoms with E-state index in [1.165, 1.54) is 18.2 Å². The molecule has 0 unspecified atom stereocenters. The van der Waals surface area contributed by atoms with E-state index in [0.717, 1.165) is 25.7 Å². The van der Waals surface area contributed by atoms with Crippen molar-refractivity contribution < 1.29 is 37.1 Å². The van der Waals surface area contributed by atoms with Gasteiger partial charge in [-0.3, -0.25) is 4.79 Å². The molecule has 1 heterocycles. The van der Waals surface area contributed by atoms with Crippen LogP contribution in [0.1, 0.15) is 54.9 Å². The number of hydroxylamine groups is 1. The number of nitrogens with zero attached hydrogens (tertiary/aromatic N) is 1. The van der Waals surface area contributed by atoms with E-state index >= 15 is 0 Å². The minimum absolute atomic E-state index is 0.00160. The molecule has 0 aliphatic heterocycles. The van der Waals surface area contributed by atoms with Crippen LogP contribution in [0.2, 0.25) is 0 Å². The lowest BCUT2D eigenvalue weighted by atomic mass is 10.1. The SMILES string of the molecule is C[C@H](N)c1oc(-c2ccc(OC(F)F)c(OCC3CC3)c2)nc1C(=O)C(=O)ONC1CC1. The van der Waals surface area contributed by atoms with E-state index in [1.54, 1.807) is 6.92 Å². The van der Waals surface area contributed by atoms with Gasteiger partial charge < -0.3 is 24.5 Å². The Kier molecular flexibility index (Phi) is 6.38. The molecule has 2 aliphatic rings. The highest BCUT2D eigenvalue weighted by Crippen LogP contribution is 2.37. The monoisotopic (exact) mass is 451 g/mol. The standard InChI is InChI=1S/C21H23F2N3O6/c1-10(24)18-16(17(27)20(28)32-26-13-5-6-13)25-19(31-18)12-4-7-14(30-21(22)23)15(8-12)29-9-11-2-3-11/h4,7-8,10-11,13,21,26H,2-3,5-6,9,24H2,1H3/t10-/m0/s1. The lowest BCUT2D eigenvalue weighted by Crippen LogP contribution is -2.28. The third kappa shape index (κ3) is 5.40. The minimum Gasteiger partial charge on any atom is -0.489 e. The number of ketones is 1. The van der Waals surface area contributed by atoms with Gasteiger partial charge in [0, 0.05) is 11.6 Å². The number of carbonyl (C=O) groups is 2. The van der Waals surface area contributed by atoms with Crippen LogP contribution in [-0.2, 0) is 9.63 Å². The van der Waals surface area contributed by atoms with Crippen LogP contribution in [0, 0.1) is 5.92 Å². The second-order valence-corrected chi connectivity index (χ2v) is 7.93. The summed E-state index contributed by atoms with van der Waals surface area (Å²) < 4.78 is 41.3. The Morgan fingerprint density at radius 3 is 2.62 bits per heavy atom. The lowest BCUT2D eigenvalue weighted by molar-refractivity contribution is -0.145. The maximum Gasteiger partial charge on any atom is 0.400 e. The number of ether oxygens (including phenoxy) is 2. The number of rotatable bonds is 11. The van der Waals surface area contributed by atoms with Crippen LogP contribution < -0.4 is 20.7 Å². The molecule has 1 aromatic heterocycles. The van der Waals surface area contributed by atoms with Crippen LogP contribution in [0.3, 0.4) is 0 Å². The molecule has 3 N–H and O–H groups in total. The van der Waals surface area contributed by atoms with Crippen molar-refractivity contribution in [3.63, 3.8) is 0 Å². The smallest absolute Gasteiger partial charge is 0.400 e. The summed E-state index contributed by atoms with van der Waals surface area (Å²) in [7, 11) is 0. The van der Waals surface area contributed by atoms with Gasteiger partial charge in [0.1, 0.15) is 0 Å². The topological polar surface area (TPSA) is 126 Å². The van der Waals surface area contributed by atoms with Crippen LogP contribution in [0.5, 0.6) is 11.5 Å². The molecule has 0 bridgehead atoms. The fourth-order valence-corrected chi connectivity index (χ4v) is 2.85. The molecule has 11 heteroatoms. The van der Waals surface area contributed by atoms with E-state index < -0.39 is 24.4 Å². The first kappa shape index (κ1) is 22.2. The van der Waals surface area contributed by atoms with E-state index in [4.69, 9.17) is 19.7 Å². The number of carbonyl (C=O) groups excluding carboxylic acids is 2. The number of halogens is 2. The van der Waals surface area contributed by atoms with Crippen molar-refractivity contribution in [2.75, 3.05) is 6.61 Å². The van der Waals surface area contributed by atoms with Crippen LogP contribution in [0.15, 0.2) is 22.6 Å². The van der Waals surface area contributed by atoms with Crippen LogP contribution >= 0.6 is 0 Å². The predicted molar refractivity (Wildman–Crippen MR) is 106 cm³/mol. The number of hydrogen-bond donors (Lipinski definition) is 2. The molecule has 2 aliphatic carbocycles. The first-order valence-corrected chi connectivity index (χ1v) is 10.3. The molecule has 2 saturated carbocycles. The van der Waals surface area contributed by atoms with E-state index in [1.807, 2.05) is 0 Å². The van der Waals surface area contributed by atoms with E-state index in [2.05, 4.69) is 15.2 Å². The van der Waals surface area contributed by atoms with Crippen molar-refractivity contribution in [1.82, 2.24) is 10.5 Å². The maximum atomic E-state index is 12.8. The highest BCUT2D eigenvalue weighted by Gasteiger charge is 2.31. The van der Waals surface area contributed by atoms with Crippen LogP contribution in [0.4, 0.5) is 8.78 Å². The van der Waals surface area contributed by atoms with Crippen molar-refractivity contribution in [2.24, 2.45) is 11.7 Å². The quantitative estimate of drug-likeness (QED) is 0.301. The van der Waals surface area contributed by atoms with Gasteiger partial charge >= 0.3 is 12.6 Å². The third-order valence-corrected chi connectivity index (χ3v) is 4.94. The lowest BCUT2D eigenvalue weighted by Gasteiger charge is -2.12. The van der Waals surface area contributed by atoms with Crippen LogP contribution in [0.25, 0.3) is 11.5 Å². The number of nitrogens with one attached hydrogen (secondary N) is 1. The molecule has 9 nitrogen and oxygen atoms in total. The van der Waals surface area contributed by atoms with Gasteiger partial charge in [0.25, 0.3) is 5.78 Å².